The fourth-order valence-electron chi connectivity index (χ4n) is 1.36. The zero-order valence-corrected chi connectivity index (χ0v) is 8.41. The van der Waals surface area contributed by atoms with Crippen LogP contribution >= 0.6 is 0 Å². The first kappa shape index (κ1) is 15.1. The summed E-state index contributed by atoms with van der Waals surface area (Å²) < 4.78 is 73.6. The van der Waals surface area contributed by atoms with Gasteiger partial charge in [0.2, 0.25) is 0 Å². The van der Waals surface area contributed by atoms with Crippen LogP contribution in [0.1, 0.15) is 12.8 Å². The predicted octanol–water partition coefficient (Wildman–Crippen LogP) is 2.73. The fraction of sp³-hybridized carbons (Fsp3) is 0.778. The van der Waals surface area contributed by atoms with E-state index in [2.05, 4.69) is 0 Å². The summed E-state index contributed by atoms with van der Waals surface area (Å²) in [6.45, 7) is 0. The lowest BCUT2D eigenvalue weighted by atomic mass is 9.94. The zero-order chi connectivity index (χ0) is 13.0. The molecule has 0 bridgehead atoms. The molecule has 0 aliphatic carbocycles. The first-order valence-corrected chi connectivity index (χ1v) is 4.38. The summed E-state index contributed by atoms with van der Waals surface area (Å²) in [4.78, 5) is 0. The van der Waals surface area contributed by atoms with Gasteiger partial charge in [0.15, 0.2) is 5.92 Å². The minimum atomic E-state index is -5.33. The molecule has 0 amide bonds. The second kappa shape index (κ2) is 5.43. The number of terminal acetylenes is 1. The molecular weight excluding hydrogens is 236 g/mol. The molecule has 0 aromatic carbocycles. The lowest BCUT2D eigenvalue weighted by Gasteiger charge is -2.30. The Morgan fingerprint density at radius 2 is 1.56 bits per heavy atom. The first-order chi connectivity index (χ1) is 7.14. The molecule has 1 unspecified atom stereocenters. The quantitative estimate of drug-likeness (QED) is 0.595. The van der Waals surface area contributed by atoms with Gasteiger partial charge >= 0.3 is 12.4 Å². The van der Waals surface area contributed by atoms with E-state index in [-0.39, 0.29) is 12.8 Å². The van der Waals surface area contributed by atoms with Gasteiger partial charge in [0.25, 0.3) is 0 Å². The van der Waals surface area contributed by atoms with E-state index < -0.39 is 24.3 Å². The number of alkyl halides is 6. The minimum Gasteiger partial charge on any atom is -0.316 e. The van der Waals surface area contributed by atoms with E-state index in [1.165, 1.54) is 0 Å². The largest absolute Gasteiger partial charge is 0.401 e. The van der Waals surface area contributed by atoms with Crippen LogP contribution in [-0.2, 0) is 0 Å². The lowest BCUT2D eigenvalue weighted by molar-refractivity contribution is -0.291. The molecule has 0 aromatic heterocycles. The highest BCUT2D eigenvalue weighted by atomic mass is 19.4. The van der Waals surface area contributed by atoms with Gasteiger partial charge in [0, 0.05) is 12.5 Å². The summed E-state index contributed by atoms with van der Waals surface area (Å²) in [5, 5.41) is 2.01. The van der Waals surface area contributed by atoms with Crippen molar-refractivity contribution in [3.8, 4) is 12.3 Å². The number of nitrogens with one attached hydrogen (secondary N) is 1. The van der Waals surface area contributed by atoms with Gasteiger partial charge in [0.1, 0.15) is 0 Å². The molecule has 1 atom stereocenters. The van der Waals surface area contributed by atoms with Gasteiger partial charge in [-0.1, -0.05) is 0 Å². The molecule has 0 spiro atoms. The van der Waals surface area contributed by atoms with Crippen molar-refractivity contribution in [1.82, 2.24) is 5.32 Å². The molecule has 0 rings (SSSR count). The van der Waals surface area contributed by atoms with Crippen molar-refractivity contribution < 1.29 is 26.3 Å². The topological polar surface area (TPSA) is 12.0 Å². The molecule has 0 aliphatic heterocycles. The van der Waals surface area contributed by atoms with Crippen molar-refractivity contribution in [3.63, 3.8) is 0 Å². The molecule has 16 heavy (non-hydrogen) atoms. The van der Waals surface area contributed by atoms with Crippen LogP contribution in [0.25, 0.3) is 0 Å². The van der Waals surface area contributed by atoms with E-state index in [1.54, 1.807) is 0 Å². The molecule has 0 aliphatic rings. The molecular formula is C9H11F6N. The van der Waals surface area contributed by atoms with Gasteiger partial charge in [0.05, 0.1) is 0 Å². The third-order valence-corrected chi connectivity index (χ3v) is 2.08. The van der Waals surface area contributed by atoms with E-state index in [9.17, 15) is 26.3 Å². The standard InChI is InChI=1S/C9H11F6N/c1-3-4-5-6(16-2)7(8(10,11)12)9(13,14)15/h1,6-7,16H,4-5H2,2H3. The normalized spacial score (nSPS) is 14.9. The Morgan fingerprint density at radius 1 is 1.12 bits per heavy atom. The van der Waals surface area contributed by atoms with Gasteiger partial charge in [-0.15, -0.1) is 12.3 Å². The summed E-state index contributed by atoms with van der Waals surface area (Å²) in [7, 11) is 1.05. The second-order valence-corrected chi connectivity index (χ2v) is 3.20. The van der Waals surface area contributed by atoms with Crippen LogP contribution < -0.4 is 5.32 Å². The number of hydrogen-bond acceptors (Lipinski definition) is 1. The molecule has 0 radical (unpaired) electrons. The molecule has 0 fully saturated rings. The summed E-state index contributed by atoms with van der Waals surface area (Å²) in [6, 6.07) is -1.75. The van der Waals surface area contributed by atoms with Gasteiger partial charge in [-0.3, -0.25) is 0 Å². The van der Waals surface area contributed by atoms with Crippen LogP contribution in [-0.4, -0.2) is 25.4 Å². The monoisotopic (exact) mass is 247 g/mol. The molecule has 0 aromatic rings. The van der Waals surface area contributed by atoms with Crippen molar-refractivity contribution in [3.05, 3.63) is 0 Å². The third-order valence-electron chi connectivity index (χ3n) is 2.08. The van der Waals surface area contributed by atoms with E-state index >= 15 is 0 Å². The Hall–Kier alpha value is -0.900. The Balaban J connectivity index is 4.94. The Morgan fingerprint density at radius 3 is 1.81 bits per heavy atom. The predicted molar refractivity (Wildman–Crippen MR) is 46.5 cm³/mol. The number of halogens is 6. The molecule has 0 heterocycles. The van der Waals surface area contributed by atoms with Crippen molar-refractivity contribution >= 4 is 0 Å². The fourth-order valence-corrected chi connectivity index (χ4v) is 1.36. The average molecular weight is 247 g/mol. The van der Waals surface area contributed by atoms with E-state index in [0.29, 0.717) is 0 Å². The van der Waals surface area contributed by atoms with Crippen molar-refractivity contribution in [2.24, 2.45) is 5.92 Å². The zero-order valence-electron chi connectivity index (χ0n) is 8.41. The Kier molecular flexibility index (Phi) is 5.13. The van der Waals surface area contributed by atoms with Gasteiger partial charge in [-0.05, 0) is 13.5 Å². The van der Waals surface area contributed by atoms with Gasteiger partial charge < -0.3 is 5.32 Å². The lowest BCUT2D eigenvalue weighted by Crippen LogP contribution is -2.50. The highest BCUT2D eigenvalue weighted by Crippen LogP contribution is 2.42. The van der Waals surface area contributed by atoms with E-state index in [1.807, 2.05) is 11.2 Å². The maximum absolute atomic E-state index is 12.3. The van der Waals surface area contributed by atoms with Crippen molar-refractivity contribution in [2.45, 2.75) is 31.2 Å². The highest BCUT2D eigenvalue weighted by molar-refractivity contribution is 4.91. The minimum absolute atomic E-state index is 0.145. The first-order valence-electron chi connectivity index (χ1n) is 4.38. The summed E-state index contributed by atoms with van der Waals surface area (Å²) >= 11 is 0. The summed E-state index contributed by atoms with van der Waals surface area (Å²) in [5.41, 5.74) is 0. The maximum atomic E-state index is 12.3. The Bertz CT molecular complexity index is 234. The van der Waals surface area contributed by atoms with Crippen molar-refractivity contribution in [1.29, 1.82) is 0 Å². The molecule has 0 saturated carbocycles. The van der Waals surface area contributed by atoms with Gasteiger partial charge in [-0.25, -0.2) is 0 Å². The molecule has 94 valence electrons. The molecule has 1 N–H and O–H groups in total. The Labute approximate surface area is 89.2 Å². The molecule has 1 nitrogen and oxygen atoms in total. The van der Waals surface area contributed by atoms with E-state index in [0.717, 1.165) is 7.05 Å². The third kappa shape index (κ3) is 4.31. The number of hydrogen-bond donors (Lipinski definition) is 1. The van der Waals surface area contributed by atoms with Crippen LogP contribution in [0.3, 0.4) is 0 Å². The molecule has 0 saturated heterocycles. The second-order valence-electron chi connectivity index (χ2n) is 3.20. The van der Waals surface area contributed by atoms with E-state index in [4.69, 9.17) is 6.42 Å². The van der Waals surface area contributed by atoms with Crippen LogP contribution in [0.4, 0.5) is 26.3 Å². The van der Waals surface area contributed by atoms with Crippen LogP contribution in [0.15, 0.2) is 0 Å². The van der Waals surface area contributed by atoms with Gasteiger partial charge in [-0.2, -0.15) is 26.3 Å². The maximum Gasteiger partial charge on any atom is 0.401 e. The van der Waals surface area contributed by atoms with Crippen LogP contribution in [0.2, 0.25) is 0 Å². The van der Waals surface area contributed by atoms with Crippen LogP contribution in [0, 0.1) is 18.3 Å². The average Bonchev–Trinajstić information content (AvgIpc) is 2.07. The highest BCUT2D eigenvalue weighted by Gasteiger charge is 2.59. The van der Waals surface area contributed by atoms with Crippen LogP contribution in [0.5, 0.6) is 0 Å². The number of rotatable bonds is 4. The molecule has 7 heteroatoms. The summed E-state index contributed by atoms with van der Waals surface area (Å²) in [6.07, 6.45) is -6.38. The summed E-state index contributed by atoms with van der Waals surface area (Å²) in [5.74, 6) is -1.37. The SMILES string of the molecule is C#CCCC(NC)C(C(F)(F)F)C(F)(F)F. The smallest absolute Gasteiger partial charge is 0.316 e. The van der Waals surface area contributed by atoms with Crippen molar-refractivity contribution in [2.75, 3.05) is 7.05 Å².